The number of aryl methyl sites for hydroxylation is 2. The van der Waals surface area contributed by atoms with Crippen molar-refractivity contribution < 1.29 is 5.11 Å². The van der Waals surface area contributed by atoms with Crippen molar-refractivity contribution in [2.75, 3.05) is 5.43 Å². The zero-order valence-corrected chi connectivity index (χ0v) is 11.2. The third kappa shape index (κ3) is 3.51. The summed E-state index contributed by atoms with van der Waals surface area (Å²) in [6.45, 7) is 5.70. The molecule has 2 rings (SSSR count). The van der Waals surface area contributed by atoms with Crippen molar-refractivity contribution in [3.63, 3.8) is 0 Å². The minimum atomic E-state index is 0.238. The number of hydrogen-bond donors (Lipinski definition) is 2. The Morgan fingerprint density at radius 2 is 1.68 bits per heavy atom. The number of phenols is 1. The van der Waals surface area contributed by atoms with Crippen LogP contribution in [-0.4, -0.2) is 20.8 Å². The third-order valence-corrected chi connectivity index (χ3v) is 2.59. The van der Waals surface area contributed by atoms with E-state index in [4.69, 9.17) is 0 Å². The number of hydrazone groups is 1. The van der Waals surface area contributed by atoms with Gasteiger partial charge in [-0.25, -0.2) is 15.4 Å². The van der Waals surface area contributed by atoms with Gasteiger partial charge < -0.3 is 5.11 Å². The summed E-state index contributed by atoms with van der Waals surface area (Å²) in [5, 5.41) is 13.5. The lowest BCUT2D eigenvalue weighted by atomic mass is 10.1. The van der Waals surface area contributed by atoms with Crippen LogP contribution in [0.1, 0.15) is 23.9 Å². The van der Waals surface area contributed by atoms with Crippen LogP contribution >= 0.6 is 0 Å². The molecule has 2 N–H and O–H groups in total. The van der Waals surface area contributed by atoms with E-state index in [0.29, 0.717) is 5.95 Å². The van der Waals surface area contributed by atoms with Crippen LogP contribution in [0.3, 0.4) is 0 Å². The Labute approximate surface area is 112 Å². The fourth-order valence-corrected chi connectivity index (χ4v) is 1.68. The normalized spacial score (nSPS) is 11.4. The van der Waals surface area contributed by atoms with Crippen molar-refractivity contribution in [2.24, 2.45) is 5.10 Å². The van der Waals surface area contributed by atoms with Gasteiger partial charge in [0.15, 0.2) is 0 Å². The molecule has 0 radical (unpaired) electrons. The van der Waals surface area contributed by atoms with Gasteiger partial charge in [0, 0.05) is 11.4 Å². The fourth-order valence-electron chi connectivity index (χ4n) is 1.68. The van der Waals surface area contributed by atoms with Crippen LogP contribution in [0.4, 0.5) is 5.95 Å². The summed E-state index contributed by atoms with van der Waals surface area (Å²) in [5.41, 5.74) is 6.35. The summed E-state index contributed by atoms with van der Waals surface area (Å²) in [6, 6.07) is 8.77. The van der Waals surface area contributed by atoms with E-state index in [1.807, 2.05) is 26.8 Å². The molecule has 0 fully saturated rings. The van der Waals surface area contributed by atoms with E-state index in [-0.39, 0.29) is 5.75 Å². The van der Waals surface area contributed by atoms with E-state index in [1.54, 1.807) is 24.3 Å². The Bertz CT molecular complexity index is 585. The van der Waals surface area contributed by atoms with Crippen LogP contribution in [0.2, 0.25) is 0 Å². The molecule has 0 saturated heterocycles. The molecule has 1 aromatic carbocycles. The maximum atomic E-state index is 9.23. The number of hydrogen-bond acceptors (Lipinski definition) is 5. The predicted molar refractivity (Wildman–Crippen MR) is 75.4 cm³/mol. The monoisotopic (exact) mass is 256 g/mol. The number of aromatic nitrogens is 2. The summed E-state index contributed by atoms with van der Waals surface area (Å²) >= 11 is 0. The molecule has 0 atom stereocenters. The van der Waals surface area contributed by atoms with E-state index >= 15 is 0 Å². The molecular formula is C14H16N4O. The van der Waals surface area contributed by atoms with Gasteiger partial charge in [-0.3, -0.25) is 0 Å². The van der Waals surface area contributed by atoms with Crippen molar-refractivity contribution in [1.82, 2.24) is 9.97 Å². The summed E-state index contributed by atoms with van der Waals surface area (Å²) in [7, 11) is 0. The molecule has 2 aromatic rings. The van der Waals surface area contributed by atoms with Gasteiger partial charge in [0.1, 0.15) is 5.75 Å². The van der Waals surface area contributed by atoms with E-state index in [2.05, 4.69) is 20.5 Å². The topological polar surface area (TPSA) is 70.4 Å². The quantitative estimate of drug-likeness (QED) is 0.654. The summed E-state index contributed by atoms with van der Waals surface area (Å²) < 4.78 is 0. The van der Waals surface area contributed by atoms with Gasteiger partial charge in [-0.2, -0.15) is 5.10 Å². The van der Waals surface area contributed by atoms with Crippen LogP contribution in [0.25, 0.3) is 0 Å². The molecule has 5 heteroatoms. The second-order valence-electron chi connectivity index (χ2n) is 4.33. The second-order valence-corrected chi connectivity index (χ2v) is 4.33. The van der Waals surface area contributed by atoms with E-state index in [9.17, 15) is 5.11 Å². The van der Waals surface area contributed by atoms with E-state index in [1.165, 1.54) is 0 Å². The smallest absolute Gasteiger partial charge is 0.243 e. The predicted octanol–water partition coefficient (Wildman–Crippen LogP) is 2.64. The van der Waals surface area contributed by atoms with Crippen LogP contribution in [0.15, 0.2) is 35.4 Å². The van der Waals surface area contributed by atoms with Crippen LogP contribution < -0.4 is 5.43 Å². The maximum absolute atomic E-state index is 9.23. The molecule has 5 nitrogen and oxygen atoms in total. The molecular weight excluding hydrogens is 240 g/mol. The Kier molecular flexibility index (Phi) is 3.75. The molecule has 19 heavy (non-hydrogen) atoms. The van der Waals surface area contributed by atoms with Crippen LogP contribution in [0, 0.1) is 13.8 Å². The number of nitrogens with one attached hydrogen (secondary N) is 1. The molecule has 1 heterocycles. The zero-order valence-electron chi connectivity index (χ0n) is 11.2. The minimum Gasteiger partial charge on any atom is -0.508 e. The van der Waals surface area contributed by atoms with Crippen molar-refractivity contribution in [1.29, 1.82) is 0 Å². The minimum absolute atomic E-state index is 0.238. The average molecular weight is 256 g/mol. The molecule has 98 valence electrons. The van der Waals surface area contributed by atoms with Gasteiger partial charge in [0.2, 0.25) is 5.95 Å². The first-order chi connectivity index (χ1) is 9.04. The summed E-state index contributed by atoms with van der Waals surface area (Å²) in [5.74, 6) is 0.720. The number of phenolic OH excluding ortho intramolecular Hbond substituents is 1. The highest BCUT2D eigenvalue weighted by atomic mass is 16.3. The van der Waals surface area contributed by atoms with Gasteiger partial charge >= 0.3 is 0 Å². The summed E-state index contributed by atoms with van der Waals surface area (Å²) in [6.07, 6.45) is 0. The molecule has 0 aliphatic carbocycles. The van der Waals surface area contributed by atoms with Crippen molar-refractivity contribution in [3.05, 3.63) is 47.3 Å². The van der Waals surface area contributed by atoms with Gasteiger partial charge in [0.05, 0.1) is 5.71 Å². The van der Waals surface area contributed by atoms with E-state index < -0.39 is 0 Å². The Hall–Kier alpha value is -2.43. The first-order valence-corrected chi connectivity index (χ1v) is 5.96. The molecule has 0 amide bonds. The highest BCUT2D eigenvalue weighted by Gasteiger charge is 2.00. The number of anilines is 1. The molecule has 0 aliphatic rings. The van der Waals surface area contributed by atoms with Crippen molar-refractivity contribution >= 4 is 11.7 Å². The van der Waals surface area contributed by atoms with Crippen LogP contribution in [-0.2, 0) is 0 Å². The lowest BCUT2D eigenvalue weighted by Gasteiger charge is -2.04. The number of rotatable bonds is 3. The number of nitrogens with zero attached hydrogens (tertiary/aromatic N) is 3. The second kappa shape index (κ2) is 5.48. The maximum Gasteiger partial charge on any atom is 0.243 e. The molecule has 0 unspecified atom stereocenters. The SMILES string of the molecule is CC(=NNc1nc(C)cc(C)n1)c1ccc(O)cc1. The third-order valence-electron chi connectivity index (χ3n) is 2.59. The number of aromatic hydroxyl groups is 1. The average Bonchev–Trinajstić information content (AvgIpc) is 2.36. The Balaban J connectivity index is 2.15. The van der Waals surface area contributed by atoms with Crippen molar-refractivity contribution in [2.45, 2.75) is 20.8 Å². The molecule has 1 aromatic heterocycles. The zero-order chi connectivity index (χ0) is 13.8. The number of benzene rings is 1. The highest BCUT2D eigenvalue weighted by Crippen LogP contribution is 2.11. The lowest BCUT2D eigenvalue weighted by molar-refractivity contribution is 0.475. The fraction of sp³-hybridized carbons (Fsp3) is 0.214. The van der Waals surface area contributed by atoms with Crippen molar-refractivity contribution in [3.8, 4) is 5.75 Å². The van der Waals surface area contributed by atoms with E-state index in [0.717, 1.165) is 22.7 Å². The molecule has 0 saturated carbocycles. The van der Waals surface area contributed by atoms with Crippen LogP contribution in [0.5, 0.6) is 5.75 Å². The van der Waals surface area contributed by atoms with Gasteiger partial charge in [-0.1, -0.05) is 0 Å². The lowest BCUT2D eigenvalue weighted by Crippen LogP contribution is -2.03. The van der Waals surface area contributed by atoms with Gasteiger partial charge in [-0.05, 0) is 56.7 Å². The molecule has 0 aliphatic heterocycles. The highest BCUT2D eigenvalue weighted by molar-refractivity contribution is 5.99. The first kappa shape index (κ1) is 13.0. The van der Waals surface area contributed by atoms with Gasteiger partial charge in [-0.15, -0.1) is 0 Å². The van der Waals surface area contributed by atoms with Gasteiger partial charge in [0.25, 0.3) is 0 Å². The standard InChI is InChI=1S/C14H16N4O/c1-9-8-10(2)16-14(15-9)18-17-11(3)12-4-6-13(19)7-5-12/h4-8,19H,1-3H3,(H,15,16,18). The first-order valence-electron chi connectivity index (χ1n) is 5.96. The molecule has 0 bridgehead atoms. The summed E-state index contributed by atoms with van der Waals surface area (Å²) in [4.78, 5) is 8.49. The Morgan fingerprint density at radius 3 is 2.26 bits per heavy atom. The molecule has 0 spiro atoms. The Morgan fingerprint density at radius 1 is 1.11 bits per heavy atom. The largest absolute Gasteiger partial charge is 0.508 e.